The van der Waals surface area contributed by atoms with E-state index in [4.69, 9.17) is 0 Å². The molecule has 0 unspecified atom stereocenters. The lowest BCUT2D eigenvalue weighted by Gasteiger charge is -2.19. The number of allylic oxidation sites excluding steroid dienone is 1. The molecule has 0 heterocycles. The molecule has 0 bridgehead atoms. The lowest BCUT2D eigenvalue weighted by molar-refractivity contribution is -0.169. The van der Waals surface area contributed by atoms with Crippen molar-refractivity contribution < 1.29 is 18.0 Å². The zero-order chi connectivity index (χ0) is 10.1. The highest BCUT2D eigenvalue weighted by atomic mass is 19.4. The van der Waals surface area contributed by atoms with E-state index in [0.717, 1.165) is 6.08 Å². The molecule has 1 N–H and O–H groups in total. The summed E-state index contributed by atoms with van der Waals surface area (Å²) < 4.78 is 36.8. The second kappa shape index (κ2) is 3.05. The summed E-state index contributed by atoms with van der Waals surface area (Å²) in [5.41, 5.74) is -1.94. The molecule has 1 rings (SSSR count). The first-order chi connectivity index (χ1) is 5.91. The van der Waals surface area contributed by atoms with Crippen LogP contribution in [0.3, 0.4) is 0 Å². The molecule has 13 heavy (non-hydrogen) atoms. The van der Waals surface area contributed by atoms with Gasteiger partial charge in [0.05, 0.1) is 0 Å². The van der Waals surface area contributed by atoms with Crippen molar-refractivity contribution in [3.8, 4) is 0 Å². The van der Waals surface area contributed by atoms with Crippen LogP contribution in [-0.4, -0.2) is 17.6 Å². The molecule has 2 nitrogen and oxygen atoms in total. The quantitative estimate of drug-likeness (QED) is 0.665. The van der Waals surface area contributed by atoms with Gasteiger partial charge in [-0.3, -0.25) is 4.79 Å². The first-order valence-electron chi connectivity index (χ1n) is 3.93. The number of amides is 1. The van der Waals surface area contributed by atoms with Gasteiger partial charge < -0.3 is 5.32 Å². The van der Waals surface area contributed by atoms with Crippen LogP contribution in [0.5, 0.6) is 0 Å². The van der Waals surface area contributed by atoms with Gasteiger partial charge in [-0.25, -0.2) is 0 Å². The van der Waals surface area contributed by atoms with Gasteiger partial charge in [0, 0.05) is 0 Å². The Morgan fingerprint density at radius 1 is 1.46 bits per heavy atom. The highest BCUT2D eigenvalue weighted by Gasteiger charge is 2.64. The number of carbonyl (C=O) groups excluding carboxylic acids is 1. The Bertz CT molecular complexity index is 240. The molecule has 5 heteroatoms. The molecule has 0 aromatic heterocycles. The predicted molar refractivity (Wildman–Crippen MR) is 41.0 cm³/mol. The van der Waals surface area contributed by atoms with Crippen molar-refractivity contribution in [3.63, 3.8) is 0 Å². The third-order valence-electron chi connectivity index (χ3n) is 1.97. The van der Waals surface area contributed by atoms with E-state index >= 15 is 0 Å². The fraction of sp³-hybridized carbons (Fsp3) is 0.625. The smallest absolute Gasteiger partial charge is 0.338 e. The summed E-state index contributed by atoms with van der Waals surface area (Å²) in [7, 11) is 0. The highest BCUT2D eigenvalue weighted by molar-refractivity contribution is 5.88. The second-order valence-electron chi connectivity index (χ2n) is 3.07. The van der Waals surface area contributed by atoms with Gasteiger partial charge in [-0.15, -0.1) is 0 Å². The predicted octanol–water partition coefficient (Wildman–Crippen LogP) is 1.77. The maximum absolute atomic E-state index is 12.3. The van der Waals surface area contributed by atoms with E-state index in [1.807, 2.05) is 5.32 Å². The van der Waals surface area contributed by atoms with Crippen LogP contribution in [0.4, 0.5) is 13.2 Å². The number of alkyl halides is 3. The Morgan fingerprint density at radius 2 is 2.00 bits per heavy atom. The SMILES string of the molecule is C/C=C/C(=O)NC1(C(F)(F)F)CC1. The third kappa shape index (κ3) is 2.02. The van der Waals surface area contributed by atoms with Gasteiger partial charge >= 0.3 is 6.18 Å². The zero-order valence-corrected chi connectivity index (χ0v) is 7.11. The van der Waals surface area contributed by atoms with Crippen molar-refractivity contribution in [1.82, 2.24) is 5.32 Å². The van der Waals surface area contributed by atoms with Crippen molar-refractivity contribution in [2.75, 3.05) is 0 Å². The van der Waals surface area contributed by atoms with Crippen LogP contribution in [-0.2, 0) is 4.79 Å². The van der Waals surface area contributed by atoms with Crippen molar-refractivity contribution in [2.45, 2.75) is 31.5 Å². The fourth-order valence-electron chi connectivity index (χ4n) is 1.03. The molecule has 1 saturated carbocycles. The van der Waals surface area contributed by atoms with Crippen LogP contribution in [0.1, 0.15) is 19.8 Å². The van der Waals surface area contributed by atoms with Crippen LogP contribution >= 0.6 is 0 Å². The molecule has 0 saturated heterocycles. The minimum atomic E-state index is -4.33. The van der Waals surface area contributed by atoms with Crippen molar-refractivity contribution in [3.05, 3.63) is 12.2 Å². The maximum atomic E-state index is 12.3. The van der Waals surface area contributed by atoms with E-state index in [2.05, 4.69) is 0 Å². The normalized spacial score (nSPS) is 20.3. The van der Waals surface area contributed by atoms with Crippen molar-refractivity contribution >= 4 is 5.91 Å². The topological polar surface area (TPSA) is 29.1 Å². The molecule has 1 aliphatic rings. The summed E-state index contributed by atoms with van der Waals surface area (Å²) in [5.74, 6) is -0.683. The average Bonchev–Trinajstić information content (AvgIpc) is 2.67. The Labute approximate surface area is 73.8 Å². The van der Waals surface area contributed by atoms with E-state index in [1.54, 1.807) is 6.92 Å². The van der Waals surface area contributed by atoms with E-state index in [-0.39, 0.29) is 12.8 Å². The minimum absolute atomic E-state index is 0.0141. The summed E-state index contributed by atoms with van der Waals surface area (Å²) in [6, 6.07) is 0. The number of nitrogens with one attached hydrogen (secondary N) is 1. The lowest BCUT2D eigenvalue weighted by atomic mass is 10.2. The number of halogens is 3. The second-order valence-corrected chi connectivity index (χ2v) is 3.07. The number of hydrogen-bond acceptors (Lipinski definition) is 1. The molecule has 0 aliphatic heterocycles. The summed E-state index contributed by atoms with van der Waals surface area (Å²) in [5, 5.41) is 1.96. The van der Waals surface area contributed by atoms with Crippen LogP contribution < -0.4 is 5.32 Å². The van der Waals surface area contributed by atoms with Gasteiger partial charge in [-0.05, 0) is 25.8 Å². The first-order valence-corrected chi connectivity index (χ1v) is 3.93. The molecular formula is C8H10F3NO. The van der Waals surface area contributed by atoms with Gasteiger partial charge in [0.1, 0.15) is 5.54 Å². The van der Waals surface area contributed by atoms with Gasteiger partial charge in [-0.1, -0.05) is 6.08 Å². The van der Waals surface area contributed by atoms with Gasteiger partial charge in [0.2, 0.25) is 5.91 Å². The minimum Gasteiger partial charge on any atom is -0.338 e. The van der Waals surface area contributed by atoms with Crippen LogP contribution in [0, 0.1) is 0 Å². The van der Waals surface area contributed by atoms with Crippen molar-refractivity contribution in [1.29, 1.82) is 0 Å². The Kier molecular flexibility index (Phi) is 2.36. The molecule has 1 aliphatic carbocycles. The van der Waals surface area contributed by atoms with Gasteiger partial charge in [0.25, 0.3) is 0 Å². The van der Waals surface area contributed by atoms with Gasteiger partial charge in [-0.2, -0.15) is 13.2 Å². The molecule has 0 aromatic rings. The van der Waals surface area contributed by atoms with E-state index in [0.29, 0.717) is 0 Å². The molecule has 1 amide bonds. The standard InChI is InChI=1S/C8H10F3NO/c1-2-3-6(13)12-7(4-5-7)8(9,10)11/h2-3H,4-5H2,1H3,(H,12,13)/b3-2+. The molecule has 1 fully saturated rings. The summed E-state index contributed by atoms with van der Waals surface area (Å²) in [4.78, 5) is 10.8. The molecule has 74 valence electrons. The largest absolute Gasteiger partial charge is 0.411 e. The summed E-state index contributed by atoms with van der Waals surface area (Å²) >= 11 is 0. The maximum Gasteiger partial charge on any atom is 0.411 e. The summed E-state index contributed by atoms with van der Waals surface area (Å²) in [6.45, 7) is 1.58. The third-order valence-corrected chi connectivity index (χ3v) is 1.97. The first kappa shape index (κ1) is 10.1. The Balaban J connectivity index is 2.59. The molecule has 0 atom stereocenters. The van der Waals surface area contributed by atoms with E-state index in [1.165, 1.54) is 6.08 Å². The van der Waals surface area contributed by atoms with Crippen LogP contribution in [0.25, 0.3) is 0 Å². The monoisotopic (exact) mass is 193 g/mol. The average molecular weight is 193 g/mol. The van der Waals surface area contributed by atoms with Crippen LogP contribution in [0.2, 0.25) is 0 Å². The highest BCUT2D eigenvalue weighted by Crippen LogP contribution is 2.48. The van der Waals surface area contributed by atoms with Crippen LogP contribution in [0.15, 0.2) is 12.2 Å². The van der Waals surface area contributed by atoms with Crippen molar-refractivity contribution in [2.24, 2.45) is 0 Å². The van der Waals surface area contributed by atoms with Gasteiger partial charge in [0.15, 0.2) is 0 Å². The molecule has 0 aromatic carbocycles. The summed E-state index contributed by atoms with van der Waals surface area (Å²) in [6.07, 6.45) is -1.86. The van der Waals surface area contributed by atoms with E-state index in [9.17, 15) is 18.0 Å². The number of rotatable bonds is 2. The molecule has 0 spiro atoms. The molecule has 0 radical (unpaired) electrons. The lowest BCUT2D eigenvalue weighted by Crippen LogP contribution is -2.47. The molecular weight excluding hydrogens is 183 g/mol. The zero-order valence-electron chi connectivity index (χ0n) is 7.11. The van der Waals surface area contributed by atoms with E-state index < -0.39 is 17.6 Å². The Morgan fingerprint density at radius 3 is 2.31 bits per heavy atom. The number of carbonyl (C=O) groups is 1. The number of hydrogen-bond donors (Lipinski definition) is 1. The fourth-order valence-corrected chi connectivity index (χ4v) is 1.03. The Hall–Kier alpha value is -1.00.